The fourth-order valence-corrected chi connectivity index (χ4v) is 3.56. The van der Waals surface area contributed by atoms with Crippen LogP contribution in [0.2, 0.25) is 0 Å². The van der Waals surface area contributed by atoms with E-state index in [2.05, 4.69) is 54.1 Å². The number of hydrogen-bond donors (Lipinski definition) is 0. The molecule has 0 atom stereocenters. The Kier molecular flexibility index (Phi) is 4.33. The summed E-state index contributed by atoms with van der Waals surface area (Å²) in [6, 6.07) is 16.8. The first-order chi connectivity index (χ1) is 12.2. The van der Waals surface area contributed by atoms with E-state index in [1.54, 1.807) is 0 Å². The van der Waals surface area contributed by atoms with Gasteiger partial charge in [-0.15, -0.1) is 0 Å². The van der Waals surface area contributed by atoms with Gasteiger partial charge in [0.1, 0.15) is 0 Å². The maximum Gasteiger partial charge on any atom is 0.159 e. The quantitative estimate of drug-likeness (QED) is 0.716. The van der Waals surface area contributed by atoms with Crippen LogP contribution < -0.4 is 0 Å². The van der Waals surface area contributed by atoms with Crippen LogP contribution in [0.5, 0.6) is 0 Å². The Morgan fingerprint density at radius 1 is 0.960 bits per heavy atom. The molecule has 1 aromatic heterocycles. The maximum absolute atomic E-state index is 4.82. The predicted octanol–water partition coefficient (Wildman–Crippen LogP) is 4.32. The van der Waals surface area contributed by atoms with Gasteiger partial charge in [0.05, 0.1) is 5.69 Å². The van der Waals surface area contributed by atoms with Crippen molar-refractivity contribution in [3.8, 4) is 11.4 Å². The Hall–Kier alpha value is -2.52. The van der Waals surface area contributed by atoms with Crippen LogP contribution in [0.3, 0.4) is 0 Å². The molecule has 0 N–H and O–H groups in total. The zero-order chi connectivity index (χ0) is 17.2. The number of hydrogen-bond acceptors (Lipinski definition) is 3. The van der Waals surface area contributed by atoms with Crippen LogP contribution in [0.1, 0.15) is 27.9 Å². The van der Waals surface area contributed by atoms with E-state index < -0.39 is 0 Å². The first-order valence-electron chi connectivity index (χ1n) is 8.88. The molecule has 3 aromatic rings. The van der Waals surface area contributed by atoms with Crippen LogP contribution in [0.25, 0.3) is 11.4 Å². The van der Waals surface area contributed by atoms with Crippen molar-refractivity contribution in [1.29, 1.82) is 0 Å². The monoisotopic (exact) mass is 329 g/mol. The van der Waals surface area contributed by atoms with E-state index in [0.29, 0.717) is 0 Å². The van der Waals surface area contributed by atoms with Gasteiger partial charge < -0.3 is 0 Å². The highest BCUT2D eigenvalue weighted by Crippen LogP contribution is 2.23. The summed E-state index contributed by atoms with van der Waals surface area (Å²) in [4.78, 5) is 11.9. The molecule has 3 heteroatoms. The second kappa shape index (κ2) is 6.77. The lowest BCUT2D eigenvalue weighted by Crippen LogP contribution is -2.31. The lowest BCUT2D eigenvalue weighted by molar-refractivity contribution is 0.242. The Morgan fingerprint density at radius 3 is 2.48 bits per heavy atom. The van der Waals surface area contributed by atoms with E-state index in [0.717, 1.165) is 37.4 Å². The van der Waals surface area contributed by atoms with Gasteiger partial charge in [-0.3, -0.25) is 4.90 Å². The molecule has 0 saturated carbocycles. The van der Waals surface area contributed by atoms with E-state index in [-0.39, 0.29) is 0 Å². The largest absolute Gasteiger partial charge is 0.294 e. The minimum atomic E-state index is 0.836. The molecule has 0 radical (unpaired) electrons. The standard InChI is InChI=1S/C22H23N3/c1-16-7-6-8-17(2)20(16)15-25-12-11-21-19(14-25)13-23-22(24-21)18-9-4-3-5-10-18/h3-10,13H,11-12,14-15H2,1-2H3. The molecule has 1 aliphatic heterocycles. The molecule has 0 spiro atoms. The smallest absolute Gasteiger partial charge is 0.159 e. The molecule has 0 fully saturated rings. The van der Waals surface area contributed by atoms with Crippen LogP contribution in [-0.4, -0.2) is 21.4 Å². The molecule has 0 saturated heterocycles. The predicted molar refractivity (Wildman–Crippen MR) is 101 cm³/mol. The number of rotatable bonds is 3. The molecule has 0 amide bonds. The Bertz CT molecular complexity index is 867. The fraction of sp³-hybridized carbons (Fsp3) is 0.273. The van der Waals surface area contributed by atoms with Crippen molar-refractivity contribution in [2.24, 2.45) is 0 Å². The molecule has 2 aromatic carbocycles. The lowest BCUT2D eigenvalue weighted by Gasteiger charge is -2.29. The number of benzene rings is 2. The van der Waals surface area contributed by atoms with Gasteiger partial charge in [0.25, 0.3) is 0 Å². The Morgan fingerprint density at radius 2 is 1.72 bits per heavy atom. The normalized spacial score (nSPS) is 14.3. The van der Waals surface area contributed by atoms with Crippen molar-refractivity contribution in [2.45, 2.75) is 33.4 Å². The summed E-state index contributed by atoms with van der Waals surface area (Å²) in [5.74, 6) is 0.836. The fourth-order valence-electron chi connectivity index (χ4n) is 3.56. The lowest BCUT2D eigenvalue weighted by atomic mass is 10.0. The summed E-state index contributed by atoms with van der Waals surface area (Å²) >= 11 is 0. The summed E-state index contributed by atoms with van der Waals surface area (Å²) in [6.45, 7) is 7.38. The van der Waals surface area contributed by atoms with Crippen molar-refractivity contribution in [2.75, 3.05) is 6.54 Å². The van der Waals surface area contributed by atoms with Gasteiger partial charge in [0.2, 0.25) is 0 Å². The van der Waals surface area contributed by atoms with Gasteiger partial charge >= 0.3 is 0 Å². The molecule has 126 valence electrons. The number of aryl methyl sites for hydroxylation is 2. The average molecular weight is 329 g/mol. The number of aromatic nitrogens is 2. The van der Waals surface area contributed by atoms with E-state index >= 15 is 0 Å². The zero-order valence-corrected chi connectivity index (χ0v) is 14.9. The van der Waals surface area contributed by atoms with Gasteiger partial charge in [-0.25, -0.2) is 9.97 Å². The molecule has 3 nitrogen and oxygen atoms in total. The van der Waals surface area contributed by atoms with Crippen LogP contribution in [0, 0.1) is 13.8 Å². The highest BCUT2D eigenvalue weighted by molar-refractivity contribution is 5.54. The van der Waals surface area contributed by atoms with Gasteiger partial charge in [0.15, 0.2) is 5.82 Å². The summed E-state index contributed by atoms with van der Waals surface area (Å²) in [7, 11) is 0. The highest BCUT2D eigenvalue weighted by Gasteiger charge is 2.19. The zero-order valence-electron chi connectivity index (χ0n) is 14.9. The van der Waals surface area contributed by atoms with Crippen molar-refractivity contribution in [1.82, 2.24) is 14.9 Å². The third-order valence-corrected chi connectivity index (χ3v) is 5.07. The van der Waals surface area contributed by atoms with Crippen LogP contribution in [0.4, 0.5) is 0 Å². The third kappa shape index (κ3) is 3.33. The van der Waals surface area contributed by atoms with Gasteiger partial charge in [-0.1, -0.05) is 48.5 Å². The van der Waals surface area contributed by atoms with Crippen LogP contribution in [0.15, 0.2) is 54.7 Å². The minimum Gasteiger partial charge on any atom is -0.294 e. The average Bonchev–Trinajstić information content (AvgIpc) is 2.65. The molecular weight excluding hydrogens is 306 g/mol. The van der Waals surface area contributed by atoms with Crippen LogP contribution in [-0.2, 0) is 19.5 Å². The molecule has 0 bridgehead atoms. The second-order valence-corrected chi connectivity index (χ2v) is 6.86. The maximum atomic E-state index is 4.82. The molecule has 25 heavy (non-hydrogen) atoms. The van der Waals surface area contributed by atoms with Gasteiger partial charge in [-0.2, -0.15) is 0 Å². The Balaban J connectivity index is 1.54. The summed E-state index contributed by atoms with van der Waals surface area (Å²) in [5.41, 5.74) is 7.75. The van der Waals surface area contributed by atoms with E-state index in [1.165, 1.54) is 27.9 Å². The number of fused-ring (bicyclic) bond motifs is 1. The van der Waals surface area contributed by atoms with Crippen LogP contribution >= 0.6 is 0 Å². The summed E-state index contributed by atoms with van der Waals surface area (Å²) < 4.78 is 0. The highest BCUT2D eigenvalue weighted by atomic mass is 15.1. The molecule has 2 heterocycles. The molecule has 4 rings (SSSR count). The first kappa shape index (κ1) is 16.0. The van der Waals surface area contributed by atoms with Crippen molar-refractivity contribution >= 4 is 0 Å². The molecule has 1 aliphatic rings. The summed E-state index contributed by atoms with van der Waals surface area (Å²) in [6.07, 6.45) is 3.00. The Labute approximate surface area is 149 Å². The second-order valence-electron chi connectivity index (χ2n) is 6.86. The molecule has 0 aliphatic carbocycles. The van der Waals surface area contributed by atoms with Gasteiger partial charge in [0, 0.05) is 43.4 Å². The van der Waals surface area contributed by atoms with E-state index in [4.69, 9.17) is 4.98 Å². The SMILES string of the molecule is Cc1cccc(C)c1CN1CCc2nc(-c3ccccc3)ncc2C1. The van der Waals surface area contributed by atoms with Crippen molar-refractivity contribution in [3.63, 3.8) is 0 Å². The molecule has 0 unspecified atom stereocenters. The number of nitrogens with zero attached hydrogens (tertiary/aromatic N) is 3. The van der Waals surface area contributed by atoms with E-state index in [1.807, 2.05) is 24.4 Å². The first-order valence-corrected chi connectivity index (χ1v) is 8.88. The summed E-state index contributed by atoms with van der Waals surface area (Å²) in [5, 5.41) is 0. The minimum absolute atomic E-state index is 0.836. The van der Waals surface area contributed by atoms with Gasteiger partial charge in [-0.05, 0) is 30.5 Å². The van der Waals surface area contributed by atoms with E-state index in [9.17, 15) is 0 Å². The van der Waals surface area contributed by atoms with Crippen molar-refractivity contribution in [3.05, 3.63) is 82.7 Å². The topological polar surface area (TPSA) is 29.0 Å². The third-order valence-electron chi connectivity index (χ3n) is 5.07. The van der Waals surface area contributed by atoms with Crippen molar-refractivity contribution < 1.29 is 0 Å². The molecular formula is C22H23N3.